The third-order valence-electron chi connectivity index (χ3n) is 7.06. The van der Waals surface area contributed by atoms with Gasteiger partial charge in [0.15, 0.2) is 9.84 Å². The van der Waals surface area contributed by atoms with Gasteiger partial charge in [0.25, 0.3) is 5.56 Å². The van der Waals surface area contributed by atoms with Gasteiger partial charge in [0.05, 0.1) is 10.1 Å². The van der Waals surface area contributed by atoms with Crippen LogP contribution in [-0.2, 0) is 16.8 Å². The van der Waals surface area contributed by atoms with Crippen LogP contribution in [0.1, 0.15) is 43.6 Å². The Morgan fingerprint density at radius 3 is 2.48 bits per heavy atom. The SMILES string of the molecule is [2H]C([2H])([2H])n1cc(-c2cc(S(=O)(=O)C(C)C)ccc2N2CCC3(CC2)CC3)c2cc[nH]c2c1=O. The van der Waals surface area contributed by atoms with Crippen LogP contribution in [0.3, 0.4) is 0 Å². The lowest BCUT2D eigenvalue weighted by Crippen LogP contribution is -2.34. The number of piperidine rings is 1. The summed E-state index contributed by atoms with van der Waals surface area (Å²) in [6.45, 7) is 2.33. The van der Waals surface area contributed by atoms with Crippen molar-refractivity contribution in [1.29, 1.82) is 0 Å². The first kappa shape index (κ1) is 17.1. The lowest BCUT2D eigenvalue weighted by molar-refractivity contribution is 0.384. The molecule has 5 rings (SSSR count). The van der Waals surface area contributed by atoms with E-state index in [0.717, 1.165) is 36.2 Å². The Kier molecular flexibility index (Phi) is 3.85. The van der Waals surface area contributed by atoms with Crippen molar-refractivity contribution in [3.05, 3.63) is 47.0 Å². The van der Waals surface area contributed by atoms with Gasteiger partial charge >= 0.3 is 0 Å². The molecule has 31 heavy (non-hydrogen) atoms. The third-order valence-corrected chi connectivity index (χ3v) is 9.21. The van der Waals surface area contributed by atoms with Gasteiger partial charge in [-0.15, -0.1) is 0 Å². The molecule has 0 unspecified atom stereocenters. The molecule has 1 aliphatic carbocycles. The Morgan fingerprint density at radius 1 is 1.10 bits per heavy atom. The molecule has 1 aromatic carbocycles. The molecule has 3 heterocycles. The first-order chi connectivity index (χ1) is 15.9. The molecular formula is C24H29N3O3S. The summed E-state index contributed by atoms with van der Waals surface area (Å²) in [4.78, 5) is 18.2. The fourth-order valence-corrected chi connectivity index (χ4v) is 5.80. The zero-order chi connectivity index (χ0) is 24.5. The van der Waals surface area contributed by atoms with Crippen molar-refractivity contribution >= 4 is 26.4 Å². The summed E-state index contributed by atoms with van der Waals surface area (Å²) in [6.07, 6.45) is 7.67. The zero-order valence-electron chi connectivity index (χ0n) is 20.8. The van der Waals surface area contributed by atoms with E-state index >= 15 is 0 Å². The van der Waals surface area contributed by atoms with Crippen LogP contribution < -0.4 is 10.5 Å². The van der Waals surface area contributed by atoms with Crippen LogP contribution >= 0.6 is 0 Å². The van der Waals surface area contributed by atoms with Crippen molar-refractivity contribution in [2.45, 2.75) is 49.7 Å². The van der Waals surface area contributed by atoms with Crippen LogP contribution in [0, 0.1) is 5.41 Å². The van der Waals surface area contributed by atoms with Gasteiger partial charge in [-0.05, 0) is 69.2 Å². The lowest BCUT2D eigenvalue weighted by atomic mass is 9.92. The standard InChI is InChI=1S/C24H29N3O3S/c1-16(2)31(29,30)17-4-5-21(27-12-9-24(7-8-24)10-13-27)19(14-17)20-15-26(3)23(28)22-18(20)6-11-25-22/h4-6,11,14-16,25H,7-10,12-13H2,1-3H3/i3D3. The molecular weight excluding hydrogens is 410 g/mol. The Balaban J connectivity index is 1.75. The maximum Gasteiger partial charge on any atom is 0.274 e. The van der Waals surface area contributed by atoms with E-state index in [1.807, 2.05) is 6.07 Å². The fourth-order valence-electron chi connectivity index (χ4n) is 4.72. The number of sulfone groups is 1. The second-order valence-corrected chi connectivity index (χ2v) is 11.7. The van der Waals surface area contributed by atoms with Crippen LogP contribution in [0.25, 0.3) is 22.0 Å². The summed E-state index contributed by atoms with van der Waals surface area (Å²) in [5.74, 6) is 0. The number of H-pyrrole nitrogens is 1. The molecule has 1 saturated heterocycles. The molecule has 2 aliphatic rings. The molecule has 0 atom stereocenters. The molecule has 1 aliphatic heterocycles. The molecule has 7 heteroatoms. The second-order valence-electron chi connectivity index (χ2n) is 9.24. The number of nitrogens with zero attached hydrogens (tertiary/aromatic N) is 2. The van der Waals surface area contributed by atoms with Crippen molar-refractivity contribution < 1.29 is 12.5 Å². The van der Waals surface area contributed by atoms with E-state index in [2.05, 4.69) is 9.88 Å². The topological polar surface area (TPSA) is 75.2 Å². The number of aromatic nitrogens is 2. The predicted octanol–water partition coefficient (Wildman–Crippen LogP) is 4.10. The van der Waals surface area contributed by atoms with Gasteiger partial charge in [-0.1, -0.05) is 0 Å². The van der Waals surface area contributed by atoms with E-state index in [1.165, 1.54) is 19.0 Å². The molecule has 1 spiro atoms. The number of hydrogen-bond donors (Lipinski definition) is 1. The largest absolute Gasteiger partial charge is 0.371 e. The Hall–Kier alpha value is -2.54. The minimum absolute atomic E-state index is 0.187. The average molecular weight is 443 g/mol. The number of hydrogen-bond acceptors (Lipinski definition) is 4. The molecule has 0 bridgehead atoms. The maximum atomic E-state index is 13.0. The number of nitrogens with one attached hydrogen (secondary N) is 1. The minimum Gasteiger partial charge on any atom is -0.371 e. The number of fused-ring (bicyclic) bond motifs is 1. The van der Waals surface area contributed by atoms with Crippen molar-refractivity contribution in [2.75, 3.05) is 18.0 Å². The van der Waals surface area contributed by atoms with Crippen molar-refractivity contribution in [2.24, 2.45) is 12.4 Å². The molecule has 0 amide bonds. The normalized spacial score (nSPS) is 20.1. The van der Waals surface area contributed by atoms with Crippen molar-refractivity contribution in [1.82, 2.24) is 9.55 Å². The van der Waals surface area contributed by atoms with Gasteiger partial charge in [-0.25, -0.2) is 8.42 Å². The Labute approximate surface area is 187 Å². The van der Waals surface area contributed by atoms with E-state index in [1.54, 1.807) is 38.2 Å². The van der Waals surface area contributed by atoms with Gasteiger partial charge in [-0.2, -0.15) is 0 Å². The third kappa shape index (κ3) is 3.30. The zero-order valence-corrected chi connectivity index (χ0v) is 18.6. The number of aryl methyl sites for hydroxylation is 1. The van der Waals surface area contributed by atoms with Crippen molar-refractivity contribution in [3.63, 3.8) is 0 Å². The number of anilines is 1. The Morgan fingerprint density at radius 2 is 1.84 bits per heavy atom. The van der Waals surface area contributed by atoms with Crippen molar-refractivity contribution in [3.8, 4) is 11.1 Å². The monoisotopic (exact) mass is 442 g/mol. The molecule has 1 saturated carbocycles. The fraction of sp³-hybridized carbons (Fsp3) is 0.458. The van der Waals surface area contributed by atoms with Crippen LogP contribution in [0.4, 0.5) is 5.69 Å². The summed E-state index contributed by atoms with van der Waals surface area (Å²) in [5, 5.41) is -0.0268. The number of aromatic amines is 1. The van der Waals surface area contributed by atoms with E-state index in [-0.39, 0.29) is 10.4 Å². The lowest BCUT2D eigenvalue weighted by Gasteiger charge is -2.35. The van der Waals surface area contributed by atoms with Gasteiger partial charge in [0.1, 0.15) is 5.52 Å². The summed E-state index contributed by atoms with van der Waals surface area (Å²) < 4.78 is 50.4. The number of pyridine rings is 1. The van der Waals surface area contributed by atoms with Gasteiger partial charge < -0.3 is 14.5 Å². The van der Waals surface area contributed by atoms with E-state index < -0.39 is 27.6 Å². The van der Waals surface area contributed by atoms with E-state index in [0.29, 0.717) is 21.9 Å². The highest BCUT2D eigenvalue weighted by atomic mass is 32.2. The second kappa shape index (κ2) is 6.99. The molecule has 2 aromatic heterocycles. The van der Waals surface area contributed by atoms with Crippen LogP contribution in [0.2, 0.25) is 0 Å². The Bertz CT molecular complexity index is 1420. The van der Waals surface area contributed by atoms with E-state index in [9.17, 15) is 13.2 Å². The highest BCUT2D eigenvalue weighted by Gasteiger charge is 2.44. The van der Waals surface area contributed by atoms with Gasteiger partial charge in [0.2, 0.25) is 0 Å². The molecule has 0 radical (unpaired) electrons. The van der Waals surface area contributed by atoms with Gasteiger partial charge in [-0.3, -0.25) is 4.79 Å². The van der Waals surface area contributed by atoms with Crippen LogP contribution in [0.15, 0.2) is 46.3 Å². The summed E-state index contributed by atoms with van der Waals surface area (Å²) in [5.41, 5.74) is 2.03. The number of rotatable bonds is 4. The van der Waals surface area contributed by atoms with Crippen LogP contribution in [-0.4, -0.2) is 36.3 Å². The predicted molar refractivity (Wildman–Crippen MR) is 124 cm³/mol. The average Bonchev–Trinajstić information content (AvgIpc) is 3.33. The van der Waals surface area contributed by atoms with Crippen LogP contribution in [0.5, 0.6) is 0 Å². The summed E-state index contributed by atoms with van der Waals surface area (Å²) in [6, 6.07) is 6.85. The van der Waals surface area contributed by atoms with Gasteiger partial charge in [0, 0.05) is 58.8 Å². The molecule has 1 N–H and O–H groups in total. The molecule has 3 aromatic rings. The quantitative estimate of drug-likeness (QED) is 0.660. The first-order valence-electron chi connectivity index (χ1n) is 12.3. The molecule has 2 fully saturated rings. The smallest absolute Gasteiger partial charge is 0.274 e. The summed E-state index contributed by atoms with van der Waals surface area (Å²) in [7, 11) is -3.56. The summed E-state index contributed by atoms with van der Waals surface area (Å²) >= 11 is 0. The first-order valence-corrected chi connectivity index (χ1v) is 12.3. The number of benzene rings is 1. The molecule has 164 valence electrons. The molecule has 6 nitrogen and oxygen atoms in total. The van der Waals surface area contributed by atoms with E-state index in [4.69, 9.17) is 4.11 Å². The highest BCUT2D eigenvalue weighted by molar-refractivity contribution is 7.92. The minimum atomic E-state index is -3.56. The maximum absolute atomic E-state index is 13.0. The highest BCUT2D eigenvalue weighted by Crippen LogP contribution is 2.54.